The van der Waals surface area contributed by atoms with E-state index in [-0.39, 0.29) is 0 Å². The summed E-state index contributed by atoms with van der Waals surface area (Å²) in [6.45, 7) is 4.26. The van der Waals surface area contributed by atoms with E-state index in [0.29, 0.717) is 24.7 Å². The normalized spacial score (nSPS) is 11.5. The number of nitrogens with one attached hydrogen (secondary N) is 1. The second-order valence-corrected chi connectivity index (χ2v) is 8.89. The van der Waals surface area contributed by atoms with Gasteiger partial charge in [0.1, 0.15) is 11.3 Å². The minimum absolute atomic E-state index is 0.522. The number of nitrogens with zero attached hydrogens (tertiary/aromatic N) is 2. The molecule has 7 heteroatoms. The monoisotopic (exact) mass is 459 g/mol. The van der Waals surface area contributed by atoms with Gasteiger partial charge in [0.15, 0.2) is 11.2 Å². The molecular weight excluding hydrogens is 430 g/mol. The number of hydrogen-bond acceptors (Lipinski definition) is 6. The van der Waals surface area contributed by atoms with Crippen LogP contribution in [0.1, 0.15) is 25.0 Å². The highest BCUT2D eigenvalue weighted by Crippen LogP contribution is 2.30. The minimum Gasteiger partial charge on any atom is -0.478 e. The Bertz CT molecular complexity index is 1280. The molecule has 34 heavy (non-hydrogen) atoms. The number of benzene rings is 3. The van der Waals surface area contributed by atoms with Gasteiger partial charge < -0.3 is 24.5 Å². The molecule has 7 nitrogen and oxygen atoms in total. The first-order valence-corrected chi connectivity index (χ1v) is 11.1. The lowest BCUT2D eigenvalue weighted by Crippen LogP contribution is -2.37. The molecule has 1 aromatic heterocycles. The number of aliphatic carboxylic acids is 1. The van der Waals surface area contributed by atoms with E-state index in [2.05, 4.69) is 23.5 Å². The van der Waals surface area contributed by atoms with Crippen molar-refractivity contribution in [1.29, 1.82) is 0 Å². The minimum atomic E-state index is -1.30. The molecule has 0 radical (unpaired) electrons. The Balaban J connectivity index is 1.52. The number of para-hydroxylation sites is 2. The van der Waals surface area contributed by atoms with E-state index < -0.39 is 11.6 Å². The summed E-state index contributed by atoms with van der Waals surface area (Å²) in [7, 11) is 4.01. The maximum atomic E-state index is 11.4. The number of aromatic nitrogens is 1. The largest absolute Gasteiger partial charge is 0.478 e. The van der Waals surface area contributed by atoms with E-state index in [9.17, 15) is 9.90 Å². The molecule has 0 amide bonds. The van der Waals surface area contributed by atoms with E-state index in [1.54, 1.807) is 6.07 Å². The Hall–Kier alpha value is -3.84. The third-order valence-electron chi connectivity index (χ3n) is 5.57. The zero-order chi connectivity index (χ0) is 24.3. The van der Waals surface area contributed by atoms with E-state index >= 15 is 0 Å². The van der Waals surface area contributed by atoms with Crippen LogP contribution in [0.2, 0.25) is 0 Å². The van der Waals surface area contributed by atoms with Gasteiger partial charge in [-0.3, -0.25) is 0 Å². The highest BCUT2D eigenvalue weighted by Gasteiger charge is 2.29. The lowest BCUT2D eigenvalue weighted by atomic mass is 10.1. The highest BCUT2D eigenvalue weighted by atomic mass is 16.5. The van der Waals surface area contributed by atoms with Crippen LogP contribution < -0.4 is 15.0 Å². The number of hydrogen-bond donors (Lipinski definition) is 2. The van der Waals surface area contributed by atoms with Gasteiger partial charge in [-0.25, -0.2) is 9.78 Å². The average molecular weight is 460 g/mol. The first-order chi connectivity index (χ1) is 16.2. The van der Waals surface area contributed by atoms with Crippen LogP contribution in [0.5, 0.6) is 5.75 Å². The zero-order valence-electron chi connectivity index (χ0n) is 19.8. The molecule has 0 aliphatic rings. The van der Waals surface area contributed by atoms with Gasteiger partial charge in [0.05, 0.1) is 0 Å². The molecule has 1 heterocycles. The molecule has 2 N–H and O–H groups in total. The van der Waals surface area contributed by atoms with Crippen LogP contribution >= 0.6 is 0 Å². The fourth-order valence-electron chi connectivity index (χ4n) is 3.58. The summed E-state index contributed by atoms with van der Waals surface area (Å²) in [6, 6.07) is 21.4. The van der Waals surface area contributed by atoms with Crippen LogP contribution in [0, 0.1) is 0 Å². The van der Waals surface area contributed by atoms with E-state index in [1.807, 2.05) is 61.5 Å². The van der Waals surface area contributed by atoms with Gasteiger partial charge in [-0.15, -0.1) is 0 Å². The van der Waals surface area contributed by atoms with Crippen molar-refractivity contribution in [3.8, 4) is 17.2 Å². The maximum Gasteiger partial charge on any atom is 0.347 e. The van der Waals surface area contributed by atoms with Crippen molar-refractivity contribution < 1.29 is 19.1 Å². The summed E-state index contributed by atoms with van der Waals surface area (Å²) < 4.78 is 11.7. The van der Waals surface area contributed by atoms with Crippen molar-refractivity contribution in [2.45, 2.75) is 32.5 Å². The smallest absolute Gasteiger partial charge is 0.347 e. The number of oxazole rings is 1. The first kappa shape index (κ1) is 23.3. The third-order valence-corrected chi connectivity index (χ3v) is 5.57. The van der Waals surface area contributed by atoms with Gasteiger partial charge in [0, 0.05) is 38.4 Å². The molecule has 0 saturated heterocycles. The molecule has 0 atom stereocenters. The number of carbonyl (C=O) groups is 1. The predicted octanol–water partition coefficient (Wildman–Crippen LogP) is 5.09. The fourth-order valence-corrected chi connectivity index (χ4v) is 3.58. The standard InChI is InChI=1S/C27H29N3O4/c1-27(2,26(31)32)34-21-9-7-8-18(14-21)16-28-17-19-12-13-20(30(3)4)15-22(19)25-29-23-10-5-6-11-24(23)33-25/h5-15,28H,16-17H2,1-4H3,(H,31,32). The van der Waals surface area contributed by atoms with Crippen LogP contribution in [0.4, 0.5) is 5.69 Å². The van der Waals surface area contributed by atoms with E-state index in [0.717, 1.165) is 33.5 Å². The van der Waals surface area contributed by atoms with Gasteiger partial charge in [-0.1, -0.05) is 30.3 Å². The lowest BCUT2D eigenvalue weighted by molar-refractivity contribution is -0.152. The number of rotatable bonds is 9. The molecule has 4 rings (SSSR count). The molecule has 0 saturated carbocycles. The zero-order valence-corrected chi connectivity index (χ0v) is 19.8. The first-order valence-electron chi connectivity index (χ1n) is 11.1. The SMILES string of the molecule is CN(C)c1ccc(CNCc2cccc(OC(C)(C)C(=O)O)c2)c(-c2nc3ccccc3o2)c1. The summed E-state index contributed by atoms with van der Waals surface area (Å²) in [5.41, 5.74) is 4.35. The van der Waals surface area contributed by atoms with Crippen molar-refractivity contribution in [3.05, 3.63) is 77.9 Å². The second kappa shape index (κ2) is 9.57. The molecule has 3 aromatic carbocycles. The number of carboxylic acids is 1. The van der Waals surface area contributed by atoms with Gasteiger partial charge in [0.2, 0.25) is 5.89 Å². The van der Waals surface area contributed by atoms with Crippen molar-refractivity contribution in [2.75, 3.05) is 19.0 Å². The van der Waals surface area contributed by atoms with Crippen LogP contribution in [0.15, 0.2) is 71.1 Å². The highest BCUT2D eigenvalue weighted by molar-refractivity contribution is 5.78. The Morgan fingerprint density at radius 2 is 1.85 bits per heavy atom. The van der Waals surface area contributed by atoms with E-state index in [4.69, 9.17) is 14.1 Å². The molecule has 4 aromatic rings. The summed E-state index contributed by atoms with van der Waals surface area (Å²) in [5, 5.41) is 12.8. The van der Waals surface area contributed by atoms with Crippen molar-refractivity contribution >= 4 is 22.8 Å². The van der Waals surface area contributed by atoms with Crippen LogP contribution in [0.3, 0.4) is 0 Å². The topological polar surface area (TPSA) is 87.8 Å². The molecule has 0 unspecified atom stereocenters. The molecular formula is C27H29N3O4. The average Bonchev–Trinajstić information content (AvgIpc) is 3.23. The Labute approximate surface area is 199 Å². The molecule has 0 aliphatic heterocycles. The molecule has 0 fully saturated rings. The van der Waals surface area contributed by atoms with Crippen LogP contribution in [0.25, 0.3) is 22.6 Å². The summed E-state index contributed by atoms with van der Waals surface area (Å²) in [5.74, 6) is 0.103. The second-order valence-electron chi connectivity index (χ2n) is 8.89. The Morgan fingerprint density at radius 3 is 2.59 bits per heavy atom. The van der Waals surface area contributed by atoms with Crippen molar-refractivity contribution in [3.63, 3.8) is 0 Å². The fraction of sp³-hybridized carbons (Fsp3) is 0.259. The molecule has 0 aliphatic carbocycles. The maximum absolute atomic E-state index is 11.4. The lowest BCUT2D eigenvalue weighted by Gasteiger charge is -2.21. The van der Waals surface area contributed by atoms with Gasteiger partial charge in [-0.05, 0) is 61.4 Å². The van der Waals surface area contributed by atoms with Gasteiger partial charge in [-0.2, -0.15) is 0 Å². The Kier molecular flexibility index (Phi) is 6.56. The van der Waals surface area contributed by atoms with Gasteiger partial charge >= 0.3 is 5.97 Å². The van der Waals surface area contributed by atoms with Crippen molar-refractivity contribution in [1.82, 2.24) is 10.3 Å². The number of carboxylic acid groups (broad SMARTS) is 1. The van der Waals surface area contributed by atoms with Crippen LogP contribution in [-0.4, -0.2) is 35.8 Å². The summed E-state index contributed by atoms with van der Waals surface area (Å²) in [6.07, 6.45) is 0. The molecule has 176 valence electrons. The number of anilines is 1. The Morgan fingerprint density at radius 1 is 1.06 bits per heavy atom. The third kappa shape index (κ3) is 5.21. The van der Waals surface area contributed by atoms with Crippen molar-refractivity contribution in [2.24, 2.45) is 0 Å². The van der Waals surface area contributed by atoms with E-state index in [1.165, 1.54) is 13.8 Å². The molecule has 0 spiro atoms. The van der Waals surface area contributed by atoms with Gasteiger partial charge in [0.25, 0.3) is 0 Å². The number of ether oxygens (including phenoxy) is 1. The number of fused-ring (bicyclic) bond motifs is 1. The summed E-state index contributed by atoms with van der Waals surface area (Å²) in [4.78, 5) is 18.1. The van der Waals surface area contributed by atoms with Crippen LogP contribution in [-0.2, 0) is 17.9 Å². The quantitative estimate of drug-likeness (QED) is 0.360. The molecule has 0 bridgehead atoms. The predicted molar refractivity (Wildman–Crippen MR) is 133 cm³/mol. The summed E-state index contributed by atoms with van der Waals surface area (Å²) >= 11 is 0.